The first-order valence-corrected chi connectivity index (χ1v) is 11.4. The van der Waals surface area contributed by atoms with Crippen molar-refractivity contribution >= 4 is 31.8 Å². The van der Waals surface area contributed by atoms with Gasteiger partial charge >= 0.3 is 0 Å². The lowest BCUT2D eigenvalue weighted by Gasteiger charge is -2.16. The Labute approximate surface area is 125 Å². The van der Waals surface area contributed by atoms with E-state index in [0.29, 0.717) is 6.73 Å². The molecule has 1 rings (SSSR count). The van der Waals surface area contributed by atoms with E-state index in [9.17, 15) is 4.79 Å². The summed E-state index contributed by atoms with van der Waals surface area (Å²) in [6, 6.07) is 1.13. The molecule has 0 saturated carbocycles. The highest BCUT2D eigenvalue weighted by molar-refractivity contribution is 7.98. The van der Waals surface area contributed by atoms with Gasteiger partial charge in [-0.25, -0.2) is 4.98 Å². The summed E-state index contributed by atoms with van der Waals surface area (Å²) in [5.41, 5.74) is 5.93. The second-order valence-corrected chi connectivity index (χ2v) is 12.1. The molecule has 0 unspecified atom stereocenters. The fraction of sp³-hybridized carbons (Fsp3) is 0.538. The number of nitrogens with two attached hydrogens (primary N) is 1. The summed E-state index contributed by atoms with van der Waals surface area (Å²) in [6.07, 6.45) is 6.67. The highest BCUT2D eigenvalue weighted by atomic mass is 32.2. The van der Waals surface area contributed by atoms with Crippen LogP contribution >= 0.6 is 11.8 Å². The second-order valence-electron chi connectivity index (χ2n) is 5.68. The van der Waals surface area contributed by atoms with Gasteiger partial charge in [-0.1, -0.05) is 31.4 Å². The predicted octanol–water partition coefficient (Wildman–Crippen LogP) is 2.42. The van der Waals surface area contributed by atoms with Crippen LogP contribution in [0.25, 0.3) is 6.08 Å². The Morgan fingerprint density at radius 1 is 1.55 bits per heavy atom. The maximum absolute atomic E-state index is 10.8. The van der Waals surface area contributed by atoms with Crippen LogP contribution in [0.15, 0.2) is 17.4 Å². The van der Waals surface area contributed by atoms with Crippen molar-refractivity contribution in [3.63, 3.8) is 0 Å². The van der Waals surface area contributed by atoms with E-state index in [0.717, 1.165) is 23.5 Å². The van der Waals surface area contributed by atoms with Crippen LogP contribution in [-0.2, 0) is 16.3 Å². The van der Waals surface area contributed by atoms with Crippen molar-refractivity contribution in [2.24, 2.45) is 5.73 Å². The minimum absolute atomic E-state index is 0.444. The molecule has 5 nitrogen and oxygen atoms in total. The van der Waals surface area contributed by atoms with Crippen molar-refractivity contribution in [1.29, 1.82) is 0 Å². The van der Waals surface area contributed by atoms with E-state index >= 15 is 0 Å². The van der Waals surface area contributed by atoms with Gasteiger partial charge in [0.15, 0.2) is 5.16 Å². The van der Waals surface area contributed by atoms with E-state index in [1.54, 1.807) is 24.0 Å². The highest BCUT2D eigenvalue weighted by Gasteiger charge is 2.13. The van der Waals surface area contributed by atoms with E-state index in [-0.39, 0.29) is 0 Å². The Hall–Kier alpha value is -1.05. The largest absolute Gasteiger partial charge is 0.366 e. The van der Waals surface area contributed by atoms with Crippen molar-refractivity contribution in [2.45, 2.75) is 37.6 Å². The lowest BCUT2D eigenvalue weighted by atomic mass is 10.4. The molecule has 0 fully saturated rings. The van der Waals surface area contributed by atoms with Gasteiger partial charge in [0, 0.05) is 20.8 Å². The molecule has 0 saturated heterocycles. The Kier molecular flexibility index (Phi) is 6.51. The normalized spacial score (nSPS) is 12.2. The molecular formula is C13H23N3O2SSi. The van der Waals surface area contributed by atoms with Crippen LogP contribution in [-0.4, -0.2) is 36.4 Å². The summed E-state index contributed by atoms with van der Waals surface area (Å²) in [7, 11) is -1.08. The zero-order chi connectivity index (χ0) is 15.2. The van der Waals surface area contributed by atoms with Crippen LogP contribution in [0.3, 0.4) is 0 Å². The lowest BCUT2D eigenvalue weighted by Crippen LogP contribution is -2.22. The average molecular weight is 313 g/mol. The molecule has 0 aromatic carbocycles. The second kappa shape index (κ2) is 7.66. The zero-order valence-corrected chi connectivity index (χ0v) is 14.4. The molecule has 2 N–H and O–H groups in total. The third-order valence-electron chi connectivity index (χ3n) is 2.67. The summed E-state index contributed by atoms with van der Waals surface area (Å²) in [6.45, 7) is 8.16. The Morgan fingerprint density at radius 2 is 2.25 bits per heavy atom. The summed E-state index contributed by atoms with van der Waals surface area (Å²) in [5.74, 6) is -0.469. The Morgan fingerprint density at radius 3 is 2.80 bits per heavy atom. The number of amides is 1. The quantitative estimate of drug-likeness (QED) is 0.346. The molecule has 1 amide bonds. The van der Waals surface area contributed by atoms with Gasteiger partial charge in [-0.05, 0) is 18.4 Å². The van der Waals surface area contributed by atoms with E-state index in [1.165, 1.54) is 6.08 Å². The number of hydrogen-bond donors (Lipinski definition) is 1. The van der Waals surface area contributed by atoms with Crippen LogP contribution in [0.5, 0.6) is 0 Å². The molecule has 0 aliphatic heterocycles. The number of nitrogens with zero attached hydrogens (tertiary/aromatic N) is 2. The van der Waals surface area contributed by atoms with Gasteiger partial charge in [-0.15, -0.1) is 0 Å². The van der Waals surface area contributed by atoms with Crippen molar-refractivity contribution in [3.05, 3.63) is 18.0 Å². The molecule has 0 aliphatic rings. The van der Waals surface area contributed by atoms with Crippen LogP contribution < -0.4 is 5.73 Å². The molecule has 0 spiro atoms. The van der Waals surface area contributed by atoms with E-state index in [2.05, 4.69) is 24.6 Å². The van der Waals surface area contributed by atoms with Crippen LogP contribution in [0, 0.1) is 0 Å². The fourth-order valence-electron chi connectivity index (χ4n) is 1.50. The number of thioether (sulfide) groups is 1. The van der Waals surface area contributed by atoms with Crippen LogP contribution in [0.2, 0.25) is 25.7 Å². The van der Waals surface area contributed by atoms with Crippen molar-refractivity contribution in [2.75, 3.05) is 12.9 Å². The summed E-state index contributed by atoms with van der Waals surface area (Å²) < 4.78 is 7.68. The van der Waals surface area contributed by atoms with Gasteiger partial charge in [-0.3, -0.25) is 9.36 Å². The van der Waals surface area contributed by atoms with Crippen LogP contribution in [0.1, 0.15) is 5.69 Å². The number of ether oxygens (including phenoxy) is 1. The van der Waals surface area contributed by atoms with Crippen molar-refractivity contribution in [1.82, 2.24) is 9.55 Å². The molecule has 112 valence electrons. The van der Waals surface area contributed by atoms with E-state index in [1.807, 2.05) is 10.8 Å². The minimum Gasteiger partial charge on any atom is -0.366 e. The smallest absolute Gasteiger partial charge is 0.241 e. The third-order valence-corrected chi connectivity index (χ3v) is 5.06. The third kappa shape index (κ3) is 5.94. The van der Waals surface area contributed by atoms with Gasteiger partial charge in [0.2, 0.25) is 5.91 Å². The lowest BCUT2D eigenvalue weighted by molar-refractivity contribution is -0.113. The molecule has 7 heteroatoms. The van der Waals surface area contributed by atoms with E-state index in [4.69, 9.17) is 10.5 Å². The predicted molar refractivity (Wildman–Crippen MR) is 86.3 cm³/mol. The molecule has 1 aromatic heterocycles. The monoisotopic (exact) mass is 313 g/mol. The van der Waals surface area contributed by atoms with Gasteiger partial charge in [0.1, 0.15) is 6.73 Å². The summed E-state index contributed by atoms with van der Waals surface area (Å²) >= 11 is 1.54. The Bertz CT molecular complexity index is 480. The number of rotatable bonds is 8. The molecule has 1 heterocycles. The van der Waals surface area contributed by atoms with Gasteiger partial charge < -0.3 is 10.5 Å². The molecule has 20 heavy (non-hydrogen) atoms. The van der Waals surface area contributed by atoms with E-state index < -0.39 is 14.0 Å². The number of hydrogen-bond acceptors (Lipinski definition) is 4. The summed E-state index contributed by atoms with van der Waals surface area (Å²) in [5, 5.41) is 0.863. The van der Waals surface area contributed by atoms with Crippen molar-refractivity contribution in [3.8, 4) is 0 Å². The minimum atomic E-state index is -1.08. The molecule has 0 radical (unpaired) electrons. The number of carbonyl (C=O) groups is 1. The van der Waals surface area contributed by atoms with Gasteiger partial charge in [0.05, 0.1) is 11.9 Å². The summed E-state index contributed by atoms with van der Waals surface area (Å²) in [4.78, 5) is 15.1. The first-order chi connectivity index (χ1) is 9.33. The molecular weight excluding hydrogens is 290 g/mol. The SMILES string of the molecule is CSc1ncc(/C=C/C(N)=O)n1COCC[Si](C)(C)C. The molecule has 0 atom stereocenters. The average Bonchev–Trinajstić information content (AvgIpc) is 2.73. The zero-order valence-electron chi connectivity index (χ0n) is 12.5. The number of aromatic nitrogens is 2. The first-order valence-electron chi connectivity index (χ1n) is 6.48. The molecule has 0 bridgehead atoms. The number of imidazole rings is 1. The Balaban J connectivity index is 2.67. The number of carbonyl (C=O) groups excluding carboxylic acids is 1. The maximum atomic E-state index is 10.8. The topological polar surface area (TPSA) is 70.1 Å². The maximum Gasteiger partial charge on any atom is 0.241 e. The standard InChI is InChI=1S/C13H23N3O2SSi/c1-19-13-15-9-11(5-6-12(14)17)16(13)10-18-7-8-20(2,3)4/h5-6,9H,7-8,10H2,1-4H3,(H2,14,17)/b6-5+. The number of primary amides is 1. The highest BCUT2D eigenvalue weighted by Crippen LogP contribution is 2.17. The fourth-order valence-corrected chi connectivity index (χ4v) is 2.79. The van der Waals surface area contributed by atoms with Crippen LogP contribution in [0.4, 0.5) is 0 Å². The molecule has 1 aromatic rings. The van der Waals surface area contributed by atoms with Gasteiger partial charge in [0.25, 0.3) is 0 Å². The van der Waals surface area contributed by atoms with Gasteiger partial charge in [-0.2, -0.15) is 0 Å². The molecule has 0 aliphatic carbocycles. The van der Waals surface area contributed by atoms with Crippen molar-refractivity contribution < 1.29 is 9.53 Å². The first kappa shape index (κ1) is 17.0.